The van der Waals surface area contributed by atoms with Gasteiger partial charge in [0.2, 0.25) is 0 Å². The molecule has 0 saturated carbocycles. The van der Waals surface area contributed by atoms with Crippen molar-refractivity contribution in [1.29, 1.82) is 0 Å². The van der Waals surface area contributed by atoms with Crippen LogP contribution in [0.3, 0.4) is 0 Å². The van der Waals surface area contributed by atoms with Crippen LogP contribution in [0.2, 0.25) is 0 Å². The van der Waals surface area contributed by atoms with Gasteiger partial charge >= 0.3 is 0 Å². The van der Waals surface area contributed by atoms with Crippen LogP contribution in [0.15, 0.2) is 27.9 Å². The smallest absolute Gasteiger partial charge is 0.271 e. The molecular formula is C13H14N4OS2. The van der Waals surface area contributed by atoms with Gasteiger partial charge in [0.05, 0.1) is 30.3 Å². The fourth-order valence-corrected chi connectivity index (χ4v) is 3.61. The van der Waals surface area contributed by atoms with E-state index in [1.54, 1.807) is 22.7 Å². The van der Waals surface area contributed by atoms with E-state index in [1.807, 2.05) is 36.4 Å². The maximum atomic E-state index is 12.4. The first kappa shape index (κ1) is 13.4. The number of thioether (sulfide) groups is 1. The van der Waals surface area contributed by atoms with Crippen LogP contribution < -0.4 is 5.56 Å². The van der Waals surface area contributed by atoms with E-state index in [4.69, 9.17) is 0 Å². The van der Waals surface area contributed by atoms with E-state index in [0.717, 1.165) is 26.6 Å². The van der Waals surface area contributed by atoms with Gasteiger partial charge in [-0.05, 0) is 24.1 Å². The number of thiophene rings is 1. The van der Waals surface area contributed by atoms with Crippen molar-refractivity contribution in [1.82, 2.24) is 19.1 Å². The van der Waals surface area contributed by atoms with Gasteiger partial charge in [-0.25, -0.2) is 9.97 Å². The Morgan fingerprint density at radius 1 is 1.40 bits per heavy atom. The lowest BCUT2D eigenvalue weighted by Gasteiger charge is -2.07. The molecule has 0 amide bonds. The van der Waals surface area contributed by atoms with Crippen molar-refractivity contribution in [2.45, 2.75) is 18.6 Å². The minimum atomic E-state index is 0.0139. The maximum Gasteiger partial charge on any atom is 0.271 e. The zero-order valence-electron chi connectivity index (χ0n) is 11.5. The molecule has 20 heavy (non-hydrogen) atoms. The van der Waals surface area contributed by atoms with Crippen molar-refractivity contribution < 1.29 is 0 Å². The Morgan fingerprint density at radius 3 is 2.90 bits per heavy atom. The highest BCUT2D eigenvalue weighted by atomic mass is 32.2. The van der Waals surface area contributed by atoms with Gasteiger partial charge in [-0.3, -0.25) is 9.36 Å². The third-order valence-corrected chi connectivity index (χ3v) is 5.10. The fraction of sp³-hybridized carbons (Fsp3) is 0.308. The molecule has 3 aromatic heterocycles. The molecule has 0 saturated heterocycles. The van der Waals surface area contributed by atoms with Crippen molar-refractivity contribution in [3.8, 4) is 0 Å². The second-order valence-corrected chi connectivity index (χ2v) is 6.22. The van der Waals surface area contributed by atoms with E-state index in [2.05, 4.69) is 9.97 Å². The monoisotopic (exact) mass is 306 g/mol. The first-order chi connectivity index (χ1) is 9.61. The van der Waals surface area contributed by atoms with Crippen molar-refractivity contribution in [3.63, 3.8) is 0 Å². The summed E-state index contributed by atoms with van der Waals surface area (Å²) < 4.78 is 4.36. The minimum absolute atomic E-state index is 0.0139. The van der Waals surface area contributed by atoms with Crippen LogP contribution in [0, 0.1) is 6.92 Å². The maximum absolute atomic E-state index is 12.4. The minimum Gasteiger partial charge on any atom is -0.324 e. The predicted octanol–water partition coefficient (Wildman–Crippen LogP) is 2.27. The van der Waals surface area contributed by atoms with E-state index in [1.165, 1.54) is 11.3 Å². The Kier molecular flexibility index (Phi) is 3.39. The van der Waals surface area contributed by atoms with Crippen LogP contribution in [0.25, 0.3) is 10.2 Å². The summed E-state index contributed by atoms with van der Waals surface area (Å²) >= 11 is 3.04. The highest BCUT2D eigenvalue weighted by Gasteiger charge is 2.11. The van der Waals surface area contributed by atoms with E-state index < -0.39 is 0 Å². The number of aryl methyl sites for hydroxylation is 1. The number of fused-ring (bicyclic) bond motifs is 1. The second-order valence-electron chi connectivity index (χ2n) is 4.57. The summed E-state index contributed by atoms with van der Waals surface area (Å²) in [4.78, 5) is 21.1. The van der Waals surface area contributed by atoms with Gasteiger partial charge in [0.15, 0.2) is 5.16 Å². The highest BCUT2D eigenvalue weighted by Crippen LogP contribution is 2.20. The number of rotatable bonds is 3. The molecule has 104 valence electrons. The Hall–Kier alpha value is -1.60. The van der Waals surface area contributed by atoms with Crippen molar-refractivity contribution in [2.75, 3.05) is 6.26 Å². The summed E-state index contributed by atoms with van der Waals surface area (Å²) in [6.07, 6.45) is 5.42. The van der Waals surface area contributed by atoms with Crippen LogP contribution in [0.5, 0.6) is 0 Å². The van der Waals surface area contributed by atoms with Crippen molar-refractivity contribution >= 4 is 33.3 Å². The summed E-state index contributed by atoms with van der Waals surface area (Å²) in [5, 5.41) is 2.91. The summed E-state index contributed by atoms with van der Waals surface area (Å²) in [6, 6.07) is 0. The van der Waals surface area contributed by atoms with Gasteiger partial charge in [0.1, 0.15) is 4.70 Å². The molecule has 0 aliphatic rings. The van der Waals surface area contributed by atoms with Gasteiger partial charge in [-0.1, -0.05) is 11.8 Å². The molecule has 3 rings (SSSR count). The van der Waals surface area contributed by atoms with Crippen LogP contribution in [-0.4, -0.2) is 25.4 Å². The number of nitrogens with zero attached hydrogens (tertiary/aromatic N) is 4. The van der Waals surface area contributed by atoms with Gasteiger partial charge in [-0.15, -0.1) is 11.3 Å². The van der Waals surface area contributed by atoms with Gasteiger partial charge < -0.3 is 4.57 Å². The van der Waals surface area contributed by atoms with E-state index in [0.29, 0.717) is 6.54 Å². The molecule has 5 nitrogen and oxygen atoms in total. The molecule has 0 unspecified atom stereocenters. The Balaban J connectivity index is 2.04. The zero-order chi connectivity index (χ0) is 14.3. The Bertz CT molecular complexity index is 831. The number of hydrogen-bond acceptors (Lipinski definition) is 5. The molecule has 7 heteroatoms. The molecule has 0 atom stereocenters. The Labute approximate surface area is 124 Å². The molecular weight excluding hydrogens is 292 g/mol. The molecule has 0 aliphatic heterocycles. The van der Waals surface area contributed by atoms with E-state index in [9.17, 15) is 4.79 Å². The molecule has 0 bridgehead atoms. The first-order valence-corrected chi connectivity index (χ1v) is 8.20. The lowest BCUT2D eigenvalue weighted by molar-refractivity contribution is 0.667. The second kappa shape index (κ2) is 5.06. The van der Waals surface area contributed by atoms with E-state index >= 15 is 0 Å². The quantitative estimate of drug-likeness (QED) is 0.697. The predicted molar refractivity (Wildman–Crippen MR) is 82.7 cm³/mol. The molecule has 3 heterocycles. The molecule has 0 fully saturated rings. The summed E-state index contributed by atoms with van der Waals surface area (Å²) in [7, 11) is 1.96. The van der Waals surface area contributed by atoms with Crippen LogP contribution >= 0.6 is 23.1 Å². The largest absolute Gasteiger partial charge is 0.324 e. The van der Waals surface area contributed by atoms with Crippen molar-refractivity contribution in [3.05, 3.63) is 39.5 Å². The number of imidazole rings is 1. The lowest BCUT2D eigenvalue weighted by atomic mass is 10.3. The molecule has 0 aromatic carbocycles. The average Bonchev–Trinajstić information content (AvgIpc) is 2.98. The summed E-state index contributed by atoms with van der Waals surface area (Å²) in [5.74, 6) is 0. The average molecular weight is 306 g/mol. The highest BCUT2D eigenvalue weighted by molar-refractivity contribution is 7.98. The zero-order valence-corrected chi connectivity index (χ0v) is 13.1. The van der Waals surface area contributed by atoms with Crippen LogP contribution in [0.4, 0.5) is 0 Å². The number of aromatic nitrogens is 4. The first-order valence-electron chi connectivity index (χ1n) is 6.09. The van der Waals surface area contributed by atoms with Gasteiger partial charge in [0, 0.05) is 7.05 Å². The summed E-state index contributed by atoms with van der Waals surface area (Å²) in [6.45, 7) is 2.46. The van der Waals surface area contributed by atoms with Crippen molar-refractivity contribution in [2.24, 2.45) is 7.05 Å². The van der Waals surface area contributed by atoms with Gasteiger partial charge in [0.25, 0.3) is 5.56 Å². The Morgan fingerprint density at radius 2 is 2.20 bits per heavy atom. The summed E-state index contributed by atoms with van der Waals surface area (Å²) in [5.41, 5.74) is 2.87. The topological polar surface area (TPSA) is 52.7 Å². The van der Waals surface area contributed by atoms with Crippen LogP contribution in [-0.2, 0) is 13.6 Å². The molecule has 3 aromatic rings. The van der Waals surface area contributed by atoms with E-state index in [-0.39, 0.29) is 5.56 Å². The standard InChI is InChI=1S/C13H14N4OS2/c1-8-6-20-11-10(8)15-7-17(12(11)18)5-9-4-14-13(19-3)16(9)2/h4,6-7H,5H2,1-3H3. The SMILES string of the molecule is CSc1ncc(Cn2cnc3c(C)csc3c2=O)n1C. The molecule has 0 N–H and O–H groups in total. The molecule has 0 spiro atoms. The lowest BCUT2D eigenvalue weighted by Crippen LogP contribution is -2.21. The van der Waals surface area contributed by atoms with Crippen LogP contribution in [0.1, 0.15) is 11.3 Å². The third kappa shape index (κ3) is 2.06. The fourth-order valence-electron chi connectivity index (χ4n) is 2.11. The normalized spacial score (nSPS) is 11.3. The number of hydrogen-bond donors (Lipinski definition) is 0. The molecule has 0 radical (unpaired) electrons. The van der Waals surface area contributed by atoms with Gasteiger partial charge in [-0.2, -0.15) is 0 Å². The third-order valence-electron chi connectivity index (χ3n) is 3.28. The molecule has 0 aliphatic carbocycles.